The maximum atomic E-state index is 12.7. The molecule has 0 bridgehead atoms. The van der Waals surface area contributed by atoms with Crippen LogP contribution in [0.3, 0.4) is 0 Å². The molecule has 0 atom stereocenters. The Labute approximate surface area is 157 Å². The Kier molecular flexibility index (Phi) is 7.53. The Morgan fingerprint density at radius 2 is 2.13 bits per heavy atom. The van der Waals surface area contributed by atoms with E-state index < -0.39 is 18.5 Å². The predicted molar refractivity (Wildman–Crippen MR) is 76.8 cm³/mol. The number of benzene rings is 1. The third kappa shape index (κ3) is 4.95. The van der Waals surface area contributed by atoms with E-state index in [9.17, 15) is 13.6 Å². The fourth-order valence-corrected chi connectivity index (χ4v) is 2.12. The average Bonchev–Trinajstić information content (AvgIpc) is 2.47. The molecular weight excluding hydrogens is 379 g/mol. The first-order chi connectivity index (χ1) is 10.5. The maximum absolute atomic E-state index is 12.7. The minimum Gasteiger partial charge on any atom is -0.479 e. The van der Waals surface area contributed by atoms with Crippen LogP contribution in [0.1, 0.15) is 5.56 Å². The fraction of sp³-hybridized carbons (Fsp3) is 0.250. The van der Waals surface area contributed by atoms with Gasteiger partial charge in [-0.1, -0.05) is 29.8 Å². The molecule has 0 aliphatic heterocycles. The van der Waals surface area contributed by atoms with Gasteiger partial charge in [0.1, 0.15) is 11.8 Å². The Morgan fingerprint density at radius 3 is 2.74 bits per heavy atom. The molecule has 1 aromatic heterocycles. The molecule has 0 aliphatic rings. The monoisotopic (exact) mass is 392 g/mol. The third-order valence-electron chi connectivity index (χ3n) is 3.06. The van der Waals surface area contributed by atoms with Gasteiger partial charge in [-0.25, -0.2) is 8.78 Å². The second-order valence-corrected chi connectivity index (χ2v) is 4.59. The minimum absolute atomic E-state index is 0. The third-order valence-corrected chi connectivity index (χ3v) is 3.06. The zero-order chi connectivity index (χ0) is 16.1. The van der Waals surface area contributed by atoms with Crippen LogP contribution < -0.4 is 10.3 Å². The average molecular weight is 392 g/mol. The molecule has 0 spiro atoms. The van der Waals surface area contributed by atoms with E-state index in [1.807, 2.05) is 6.07 Å². The van der Waals surface area contributed by atoms with Gasteiger partial charge in [-0.15, -0.1) is 6.07 Å². The molecule has 2 rings (SSSR count). The van der Waals surface area contributed by atoms with Crippen molar-refractivity contribution in [3.8, 4) is 23.1 Å². The normalized spacial score (nSPS) is 10.0. The minimum atomic E-state index is -2.63. The second kappa shape index (κ2) is 8.90. The molecule has 1 aromatic carbocycles. The number of hydrogen-bond acceptors (Lipinski definition) is 3. The van der Waals surface area contributed by atoms with Crippen LogP contribution in [-0.2, 0) is 39.3 Å². The number of nitrogens with zero attached hydrogens (tertiary/aromatic N) is 2. The molecule has 0 amide bonds. The van der Waals surface area contributed by atoms with Crippen molar-refractivity contribution in [3.05, 3.63) is 52.3 Å². The number of aromatic nitrogens is 1. The van der Waals surface area contributed by atoms with Crippen molar-refractivity contribution in [2.24, 2.45) is 0 Å². The SMILES string of the molecule is Cc1cc(OCC#N)ccc1-c1[c-]ccc(=O)n1CC(F)F.[Y]. The summed E-state index contributed by atoms with van der Waals surface area (Å²) < 4.78 is 31.5. The van der Waals surface area contributed by atoms with Gasteiger partial charge in [0.2, 0.25) is 0 Å². The van der Waals surface area contributed by atoms with Crippen LogP contribution in [0.5, 0.6) is 5.75 Å². The largest absolute Gasteiger partial charge is 0.479 e. The second-order valence-electron chi connectivity index (χ2n) is 4.59. The number of nitriles is 1. The van der Waals surface area contributed by atoms with Gasteiger partial charge < -0.3 is 9.30 Å². The Bertz CT molecular complexity index is 769. The summed E-state index contributed by atoms with van der Waals surface area (Å²) in [5.74, 6) is 0.501. The van der Waals surface area contributed by atoms with Gasteiger partial charge in [-0.05, 0) is 12.1 Å². The zero-order valence-electron chi connectivity index (χ0n) is 12.4. The Balaban J connectivity index is 0.00000264. The molecule has 4 nitrogen and oxygen atoms in total. The Hall–Kier alpha value is -1.58. The topological polar surface area (TPSA) is 55.0 Å². The smallest absolute Gasteiger partial charge is 0.256 e. The number of hydrogen-bond donors (Lipinski definition) is 0. The molecule has 7 heteroatoms. The molecule has 0 saturated heterocycles. The van der Waals surface area contributed by atoms with Crippen LogP contribution in [0, 0.1) is 24.3 Å². The molecule has 0 aliphatic carbocycles. The van der Waals surface area contributed by atoms with Crippen molar-refractivity contribution in [3.63, 3.8) is 0 Å². The summed E-state index contributed by atoms with van der Waals surface area (Å²) in [5.41, 5.74) is 1.15. The predicted octanol–water partition coefficient (Wildman–Crippen LogP) is 2.79. The molecule has 0 fully saturated rings. The number of halogens is 2. The molecule has 1 radical (unpaired) electrons. The zero-order valence-corrected chi connectivity index (χ0v) is 15.3. The van der Waals surface area contributed by atoms with E-state index in [4.69, 9.17) is 10.00 Å². The van der Waals surface area contributed by atoms with Crippen molar-refractivity contribution in [2.45, 2.75) is 19.9 Å². The van der Waals surface area contributed by atoms with Crippen LogP contribution in [0.4, 0.5) is 8.78 Å². The first-order valence-electron chi connectivity index (χ1n) is 6.53. The van der Waals surface area contributed by atoms with E-state index in [-0.39, 0.29) is 39.3 Å². The van der Waals surface area contributed by atoms with E-state index in [0.717, 1.165) is 10.1 Å². The molecule has 1 heterocycles. The molecule has 23 heavy (non-hydrogen) atoms. The molecule has 0 saturated carbocycles. The van der Waals surface area contributed by atoms with Gasteiger partial charge in [-0.3, -0.25) is 4.79 Å². The van der Waals surface area contributed by atoms with Crippen LogP contribution in [0.15, 0.2) is 35.1 Å². The van der Waals surface area contributed by atoms with Crippen LogP contribution >= 0.6 is 0 Å². The number of aryl methyl sites for hydroxylation is 1. The van der Waals surface area contributed by atoms with Crippen LogP contribution in [0.25, 0.3) is 11.3 Å². The molecule has 0 N–H and O–H groups in total. The summed E-state index contributed by atoms with van der Waals surface area (Å²) in [4.78, 5) is 11.8. The molecular formula is C16H13F2N2O2Y-. The number of ether oxygens (including phenoxy) is 1. The van der Waals surface area contributed by atoms with Gasteiger partial charge in [0, 0.05) is 32.7 Å². The summed E-state index contributed by atoms with van der Waals surface area (Å²) in [5, 5.41) is 8.49. The molecule has 0 unspecified atom stereocenters. The van der Waals surface area contributed by atoms with E-state index in [2.05, 4.69) is 6.07 Å². The van der Waals surface area contributed by atoms with Crippen LogP contribution in [-0.4, -0.2) is 17.6 Å². The number of alkyl halides is 2. The van der Waals surface area contributed by atoms with Gasteiger partial charge >= 0.3 is 0 Å². The first-order valence-corrected chi connectivity index (χ1v) is 6.53. The van der Waals surface area contributed by atoms with E-state index in [0.29, 0.717) is 17.0 Å². The quantitative estimate of drug-likeness (QED) is 0.736. The van der Waals surface area contributed by atoms with Gasteiger partial charge in [0.25, 0.3) is 6.43 Å². The fourth-order valence-electron chi connectivity index (χ4n) is 2.12. The summed E-state index contributed by atoms with van der Waals surface area (Å²) >= 11 is 0. The summed E-state index contributed by atoms with van der Waals surface area (Å²) in [6.07, 6.45) is -2.63. The number of pyridine rings is 1. The Morgan fingerprint density at radius 1 is 1.39 bits per heavy atom. The van der Waals surface area contributed by atoms with Crippen molar-refractivity contribution in [1.82, 2.24) is 4.57 Å². The maximum Gasteiger partial charge on any atom is 0.256 e. The van der Waals surface area contributed by atoms with Crippen molar-refractivity contribution in [1.29, 1.82) is 5.26 Å². The summed E-state index contributed by atoms with van der Waals surface area (Å²) in [6, 6.07) is 12.3. The van der Waals surface area contributed by atoms with Crippen molar-refractivity contribution < 1.29 is 46.2 Å². The van der Waals surface area contributed by atoms with E-state index in [1.165, 1.54) is 12.1 Å². The first kappa shape index (κ1) is 19.5. The van der Waals surface area contributed by atoms with Gasteiger partial charge in [0.15, 0.2) is 12.2 Å². The summed E-state index contributed by atoms with van der Waals surface area (Å²) in [6.45, 7) is 1.01. The van der Waals surface area contributed by atoms with Gasteiger partial charge in [0.05, 0.1) is 6.54 Å². The molecule has 2 aromatic rings. The molecule has 117 valence electrons. The van der Waals surface area contributed by atoms with Crippen molar-refractivity contribution >= 4 is 0 Å². The van der Waals surface area contributed by atoms with Crippen molar-refractivity contribution in [2.75, 3.05) is 6.61 Å². The standard InChI is InChI=1S/C16H13F2N2O2.Y/c1-11-9-12(22-8-7-19)5-6-13(11)14-3-2-4-16(21)20(14)10-15(17)18;/h2,4-6,9,15H,8,10H2,1H3;/q-1;. The van der Waals surface area contributed by atoms with Gasteiger partial charge in [-0.2, -0.15) is 17.4 Å². The van der Waals surface area contributed by atoms with E-state index in [1.54, 1.807) is 25.1 Å². The van der Waals surface area contributed by atoms with E-state index >= 15 is 0 Å². The summed E-state index contributed by atoms with van der Waals surface area (Å²) in [7, 11) is 0. The number of rotatable bonds is 5. The van der Waals surface area contributed by atoms with Crippen LogP contribution in [0.2, 0.25) is 0 Å².